The van der Waals surface area contributed by atoms with Crippen LogP contribution in [0.4, 0.5) is 17.6 Å². The fourth-order valence-corrected chi connectivity index (χ4v) is 5.64. The minimum atomic E-state index is -0.200. The lowest BCUT2D eigenvalue weighted by Gasteiger charge is -2.35. The molecule has 0 radical (unpaired) electrons. The zero-order chi connectivity index (χ0) is 28.2. The van der Waals surface area contributed by atoms with Crippen molar-refractivity contribution in [3.05, 3.63) is 41.5 Å². The van der Waals surface area contributed by atoms with Gasteiger partial charge in [0, 0.05) is 38.8 Å². The van der Waals surface area contributed by atoms with Gasteiger partial charge in [-0.05, 0) is 43.3 Å². The summed E-state index contributed by atoms with van der Waals surface area (Å²) in [4.78, 5) is 49.1. The smallest absolute Gasteiger partial charge is 0.261 e. The van der Waals surface area contributed by atoms with E-state index in [1.807, 2.05) is 0 Å². The number of carbonyl (C=O) groups excluding carboxylic acids is 2. The van der Waals surface area contributed by atoms with Gasteiger partial charge in [-0.15, -0.1) is 0 Å². The Morgan fingerprint density at radius 2 is 1.38 bits per heavy atom. The summed E-state index contributed by atoms with van der Waals surface area (Å²) < 4.78 is 11.1. The van der Waals surface area contributed by atoms with Crippen molar-refractivity contribution in [2.45, 2.75) is 22.9 Å². The Kier molecular flexibility index (Phi) is 8.16. The van der Waals surface area contributed by atoms with Gasteiger partial charge in [-0.3, -0.25) is 19.4 Å². The molecule has 13 nitrogen and oxygen atoms in total. The van der Waals surface area contributed by atoms with Crippen LogP contribution in [0.15, 0.2) is 40.4 Å². The van der Waals surface area contributed by atoms with Gasteiger partial charge in [-0.25, -0.2) is 9.97 Å². The molecule has 2 aliphatic rings. The number of rotatable bonds is 10. The molecule has 0 aliphatic carbocycles. The molecule has 0 unspecified atom stereocenters. The number of nitrogen functional groups attached to an aromatic ring is 2. The van der Waals surface area contributed by atoms with Gasteiger partial charge in [-0.1, -0.05) is 12.1 Å². The molecule has 3 aromatic rings. The molecule has 0 saturated carbocycles. The highest BCUT2D eigenvalue weighted by molar-refractivity contribution is 7.99. The topological polar surface area (TPSA) is 166 Å². The first-order valence-electron chi connectivity index (χ1n) is 12.9. The fourth-order valence-electron chi connectivity index (χ4n) is 4.72. The molecule has 210 valence electrons. The average Bonchev–Trinajstić information content (AvgIpc) is 3.20. The molecule has 14 heteroatoms. The molecular weight excluding hydrogens is 534 g/mol. The third-order valence-electron chi connectivity index (χ3n) is 6.76. The molecule has 2 aliphatic heterocycles. The number of ether oxygens (including phenoxy) is 2. The number of imide groups is 1. The summed E-state index contributed by atoms with van der Waals surface area (Å²) in [7, 11) is 3.06. The molecule has 1 aromatic carbocycles. The summed E-state index contributed by atoms with van der Waals surface area (Å²) in [5.41, 5.74) is 12.6. The van der Waals surface area contributed by atoms with Crippen molar-refractivity contribution in [3.8, 4) is 11.8 Å². The summed E-state index contributed by atoms with van der Waals surface area (Å²) in [6.45, 7) is 4.42. The van der Waals surface area contributed by atoms with Crippen LogP contribution in [0.25, 0.3) is 0 Å². The first-order valence-corrected chi connectivity index (χ1v) is 13.7. The van der Waals surface area contributed by atoms with E-state index in [9.17, 15) is 9.59 Å². The minimum absolute atomic E-state index is 0.200. The average molecular weight is 566 g/mol. The summed E-state index contributed by atoms with van der Waals surface area (Å²) in [6, 6.07) is 8.46. The number of hydrogen-bond donors (Lipinski definition) is 2. The van der Waals surface area contributed by atoms with Crippen molar-refractivity contribution >= 4 is 41.2 Å². The van der Waals surface area contributed by atoms with Gasteiger partial charge in [-0.2, -0.15) is 9.97 Å². The van der Waals surface area contributed by atoms with Crippen LogP contribution < -0.4 is 25.8 Å². The van der Waals surface area contributed by atoms with Gasteiger partial charge in [0.1, 0.15) is 16.5 Å². The largest absolute Gasteiger partial charge is 0.480 e. The van der Waals surface area contributed by atoms with E-state index >= 15 is 0 Å². The van der Waals surface area contributed by atoms with Crippen LogP contribution in [-0.4, -0.2) is 95.0 Å². The molecule has 1 saturated heterocycles. The third kappa shape index (κ3) is 5.72. The molecular formula is C26H31N9O4S. The van der Waals surface area contributed by atoms with Gasteiger partial charge in [0.25, 0.3) is 11.8 Å². The molecule has 0 bridgehead atoms. The predicted molar refractivity (Wildman–Crippen MR) is 150 cm³/mol. The van der Waals surface area contributed by atoms with E-state index in [4.69, 9.17) is 20.9 Å². The van der Waals surface area contributed by atoms with Crippen molar-refractivity contribution in [2.75, 3.05) is 69.9 Å². The lowest BCUT2D eigenvalue weighted by atomic mass is 10.1. The zero-order valence-electron chi connectivity index (χ0n) is 22.4. The number of benzene rings is 1. The normalized spacial score (nSPS) is 15.4. The molecule has 0 atom stereocenters. The second-order valence-corrected chi connectivity index (χ2v) is 10.3. The summed E-state index contributed by atoms with van der Waals surface area (Å²) in [6.07, 6.45) is 1.64. The molecule has 1 fully saturated rings. The van der Waals surface area contributed by atoms with E-state index in [2.05, 4.69) is 29.7 Å². The predicted octanol–water partition coefficient (Wildman–Crippen LogP) is 1.80. The Balaban J connectivity index is 1.14. The fraction of sp³-hybridized carbons (Fsp3) is 0.385. The Labute approximate surface area is 235 Å². The molecule has 40 heavy (non-hydrogen) atoms. The maximum atomic E-state index is 12.5. The lowest BCUT2D eigenvalue weighted by Crippen LogP contribution is -2.47. The van der Waals surface area contributed by atoms with Crippen LogP contribution in [0.3, 0.4) is 0 Å². The number of amides is 2. The Morgan fingerprint density at radius 3 is 1.93 bits per heavy atom. The van der Waals surface area contributed by atoms with Gasteiger partial charge in [0.15, 0.2) is 5.16 Å². The maximum absolute atomic E-state index is 12.5. The van der Waals surface area contributed by atoms with Crippen LogP contribution in [0.5, 0.6) is 11.8 Å². The van der Waals surface area contributed by atoms with E-state index in [0.29, 0.717) is 45.4 Å². The maximum Gasteiger partial charge on any atom is 0.261 e. The Bertz CT molecular complexity index is 1330. The van der Waals surface area contributed by atoms with Gasteiger partial charge in [0.05, 0.1) is 25.3 Å². The summed E-state index contributed by atoms with van der Waals surface area (Å²) in [5.74, 6) is 1.30. The number of carbonyl (C=O) groups is 2. The van der Waals surface area contributed by atoms with Crippen LogP contribution in [-0.2, 0) is 0 Å². The van der Waals surface area contributed by atoms with E-state index in [1.54, 1.807) is 24.3 Å². The number of hydrogen-bond acceptors (Lipinski definition) is 13. The van der Waals surface area contributed by atoms with Crippen LogP contribution in [0.2, 0.25) is 0 Å². The molecule has 2 aromatic heterocycles. The summed E-state index contributed by atoms with van der Waals surface area (Å²) in [5, 5.41) is 0.335. The summed E-state index contributed by atoms with van der Waals surface area (Å²) >= 11 is 1.16. The minimum Gasteiger partial charge on any atom is -0.480 e. The van der Waals surface area contributed by atoms with Crippen molar-refractivity contribution < 1.29 is 19.1 Å². The van der Waals surface area contributed by atoms with Gasteiger partial charge in [0.2, 0.25) is 17.7 Å². The first-order chi connectivity index (χ1) is 19.4. The zero-order valence-corrected chi connectivity index (χ0v) is 23.2. The van der Waals surface area contributed by atoms with Crippen molar-refractivity contribution in [3.63, 3.8) is 0 Å². The SMILES string of the molecule is COc1nc(N2CCN(CCCCN3C(=O)c4ccccc4C3=O)CC2)nc(OC)c1Sc1nc(N)cc(N)n1. The number of fused-ring (bicyclic) bond motifs is 1. The Morgan fingerprint density at radius 1 is 0.825 bits per heavy atom. The van der Waals surface area contributed by atoms with Crippen molar-refractivity contribution in [1.82, 2.24) is 29.7 Å². The van der Waals surface area contributed by atoms with Gasteiger partial charge >= 0.3 is 0 Å². The van der Waals surface area contributed by atoms with Crippen LogP contribution in [0, 0.1) is 0 Å². The number of aromatic nitrogens is 4. The highest BCUT2D eigenvalue weighted by Crippen LogP contribution is 2.40. The second kappa shape index (κ2) is 11.9. The standard InChI is InChI=1S/C26H31N9O4S/c1-38-21-20(40-26-29-18(27)15-19(28)30-26)22(39-2)32-25(31-21)34-13-11-33(12-14-34)9-5-6-10-35-23(36)16-7-3-4-8-17(16)24(35)37/h3-4,7-8,15H,5-6,9-14H2,1-2H3,(H4,27,28,29,30). The molecule has 0 spiro atoms. The molecule has 5 rings (SSSR count). The van der Waals surface area contributed by atoms with Crippen molar-refractivity contribution in [2.24, 2.45) is 0 Å². The highest BCUT2D eigenvalue weighted by Gasteiger charge is 2.34. The second-order valence-electron chi connectivity index (χ2n) is 9.32. The van der Waals surface area contributed by atoms with Crippen molar-refractivity contribution in [1.29, 1.82) is 0 Å². The molecule has 4 N–H and O–H groups in total. The van der Waals surface area contributed by atoms with Crippen LogP contribution in [0.1, 0.15) is 33.6 Å². The third-order valence-corrected chi connectivity index (χ3v) is 7.67. The quantitative estimate of drug-likeness (QED) is 0.208. The van der Waals surface area contributed by atoms with Crippen LogP contribution >= 0.6 is 11.8 Å². The Hall–Kier alpha value is -4.17. The number of nitrogens with two attached hydrogens (primary N) is 2. The van der Waals surface area contributed by atoms with E-state index < -0.39 is 0 Å². The number of nitrogens with zero attached hydrogens (tertiary/aromatic N) is 7. The van der Waals surface area contributed by atoms with E-state index in [-0.39, 0.29) is 23.5 Å². The highest BCUT2D eigenvalue weighted by atomic mass is 32.2. The number of anilines is 3. The monoisotopic (exact) mass is 565 g/mol. The number of methoxy groups -OCH3 is 2. The number of unbranched alkanes of at least 4 members (excludes halogenated alkanes) is 1. The van der Waals surface area contributed by atoms with E-state index in [0.717, 1.165) is 57.3 Å². The molecule has 4 heterocycles. The van der Waals surface area contributed by atoms with Gasteiger partial charge < -0.3 is 25.8 Å². The first kappa shape index (κ1) is 27.4. The number of piperazine rings is 1. The molecule has 2 amide bonds. The van der Waals surface area contributed by atoms with E-state index in [1.165, 1.54) is 25.2 Å². The lowest BCUT2D eigenvalue weighted by molar-refractivity contribution is 0.0650.